The summed E-state index contributed by atoms with van der Waals surface area (Å²) in [5.74, 6) is -0.778. The molecule has 11 heteroatoms. The van der Waals surface area contributed by atoms with Crippen LogP contribution in [-0.2, 0) is 26.2 Å². The third-order valence-electron chi connectivity index (χ3n) is 5.95. The Labute approximate surface area is 245 Å². The van der Waals surface area contributed by atoms with Crippen LogP contribution in [0.5, 0.6) is 5.75 Å². The Balaban J connectivity index is 2.09. The van der Waals surface area contributed by atoms with E-state index in [9.17, 15) is 18.0 Å². The van der Waals surface area contributed by atoms with Crippen molar-refractivity contribution in [2.75, 3.05) is 18.0 Å². The smallest absolute Gasteiger partial charge is 0.264 e. The Hall–Kier alpha value is -3.27. The van der Waals surface area contributed by atoms with Gasteiger partial charge in [-0.1, -0.05) is 53.5 Å². The van der Waals surface area contributed by atoms with Crippen LogP contribution >= 0.6 is 23.2 Å². The van der Waals surface area contributed by atoms with Gasteiger partial charge in [-0.3, -0.25) is 13.9 Å². The molecule has 0 radical (unpaired) electrons. The standard InChI is InChI=1S/C29H33Cl2N3O5S/c1-20(28(36)32-29(2,3)4)33(18-21-11-13-22(30)14-12-21)27(35)19-34(25-17-23(31)15-16-26(25)39-5)40(37,38)24-9-7-6-8-10-24/h6-17,20H,18-19H2,1-5H3,(H,32,36)/t20-/m1/s1. The molecule has 0 saturated carbocycles. The normalized spacial score (nSPS) is 12.4. The molecule has 0 unspecified atom stereocenters. The molecule has 3 aromatic rings. The molecule has 0 bridgehead atoms. The summed E-state index contributed by atoms with van der Waals surface area (Å²) >= 11 is 12.3. The topological polar surface area (TPSA) is 96.0 Å². The first kappa shape index (κ1) is 31.3. The van der Waals surface area contributed by atoms with E-state index in [0.717, 1.165) is 4.31 Å². The summed E-state index contributed by atoms with van der Waals surface area (Å²) in [5, 5.41) is 3.67. The van der Waals surface area contributed by atoms with Crippen LogP contribution < -0.4 is 14.4 Å². The van der Waals surface area contributed by atoms with Crippen molar-refractivity contribution >= 4 is 50.7 Å². The predicted octanol–water partition coefficient (Wildman–Crippen LogP) is 5.53. The van der Waals surface area contributed by atoms with Crippen LogP contribution in [0.1, 0.15) is 33.3 Å². The average molecular weight is 607 g/mol. The van der Waals surface area contributed by atoms with Crippen LogP contribution in [0.15, 0.2) is 77.7 Å². The molecule has 0 aliphatic heterocycles. The number of anilines is 1. The van der Waals surface area contributed by atoms with Gasteiger partial charge in [0.05, 0.1) is 17.7 Å². The summed E-state index contributed by atoms with van der Waals surface area (Å²) in [6.07, 6.45) is 0. The minimum atomic E-state index is -4.26. The lowest BCUT2D eigenvalue weighted by Crippen LogP contribution is -2.54. The first-order chi connectivity index (χ1) is 18.7. The first-order valence-corrected chi connectivity index (χ1v) is 14.7. The zero-order valence-electron chi connectivity index (χ0n) is 23.0. The number of amides is 2. The molecule has 3 aromatic carbocycles. The van der Waals surface area contributed by atoms with E-state index >= 15 is 0 Å². The van der Waals surface area contributed by atoms with E-state index in [1.807, 2.05) is 20.8 Å². The van der Waals surface area contributed by atoms with Crippen molar-refractivity contribution in [3.8, 4) is 5.75 Å². The van der Waals surface area contributed by atoms with Crippen LogP contribution in [-0.4, -0.2) is 50.4 Å². The van der Waals surface area contributed by atoms with Gasteiger partial charge in [-0.15, -0.1) is 0 Å². The van der Waals surface area contributed by atoms with Gasteiger partial charge in [0.1, 0.15) is 18.3 Å². The average Bonchev–Trinajstić information content (AvgIpc) is 2.90. The minimum Gasteiger partial charge on any atom is -0.495 e. The van der Waals surface area contributed by atoms with E-state index in [1.165, 1.54) is 36.3 Å². The molecule has 40 heavy (non-hydrogen) atoms. The molecule has 0 aliphatic carbocycles. The number of methoxy groups -OCH3 is 1. The van der Waals surface area contributed by atoms with Crippen molar-refractivity contribution in [2.45, 2.75) is 50.7 Å². The van der Waals surface area contributed by atoms with Gasteiger partial charge in [-0.25, -0.2) is 8.42 Å². The van der Waals surface area contributed by atoms with E-state index in [1.54, 1.807) is 55.5 Å². The minimum absolute atomic E-state index is 0.0207. The van der Waals surface area contributed by atoms with Crippen LogP contribution in [0.3, 0.4) is 0 Å². The molecule has 0 heterocycles. The van der Waals surface area contributed by atoms with Gasteiger partial charge < -0.3 is 15.0 Å². The molecule has 8 nitrogen and oxygen atoms in total. The highest BCUT2D eigenvalue weighted by molar-refractivity contribution is 7.92. The summed E-state index contributed by atoms with van der Waals surface area (Å²) in [4.78, 5) is 28.5. The van der Waals surface area contributed by atoms with E-state index in [-0.39, 0.29) is 33.8 Å². The number of nitrogens with zero attached hydrogens (tertiary/aromatic N) is 2. The third kappa shape index (κ3) is 7.90. The lowest BCUT2D eigenvalue weighted by Gasteiger charge is -2.33. The lowest BCUT2D eigenvalue weighted by molar-refractivity contribution is -0.140. The van der Waals surface area contributed by atoms with Gasteiger partial charge in [-0.05, 0) is 75.7 Å². The van der Waals surface area contributed by atoms with Gasteiger partial charge in [0.15, 0.2) is 0 Å². The Morgan fingerprint density at radius 3 is 2.12 bits per heavy atom. The molecule has 0 spiro atoms. The van der Waals surface area contributed by atoms with E-state index in [0.29, 0.717) is 10.6 Å². The maximum absolute atomic E-state index is 14.0. The number of hydrogen-bond acceptors (Lipinski definition) is 5. The number of sulfonamides is 1. The van der Waals surface area contributed by atoms with Crippen molar-refractivity contribution in [2.24, 2.45) is 0 Å². The van der Waals surface area contributed by atoms with Gasteiger partial charge in [0, 0.05) is 22.1 Å². The van der Waals surface area contributed by atoms with E-state index < -0.39 is 34.1 Å². The molecule has 1 atom stereocenters. The second kappa shape index (κ2) is 12.9. The number of benzene rings is 3. The van der Waals surface area contributed by atoms with Crippen LogP contribution in [0.25, 0.3) is 0 Å². The van der Waals surface area contributed by atoms with Crippen molar-refractivity contribution < 1.29 is 22.7 Å². The van der Waals surface area contributed by atoms with Crippen LogP contribution in [0, 0.1) is 0 Å². The fourth-order valence-electron chi connectivity index (χ4n) is 3.93. The van der Waals surface area contributed by atoms with Crippen molar-refractivity contribution in [3.63, 3.8) is 0 Å². The quantitative estimate of drug-likeness (QED) is 0.328. The second-order valence-electron chi connectivity index (χ2n) is 10.2. The predicted molar refractivity (Wildman–Crippen MR) is 158 cm³/mol. The number of carbonyl (C=O) groups excluding carboxylic acids is 2. The largest absolute Gasteiger partial charge is 0.495 e. The van der Waals surface area contributed by atoms with Crippen molar-refractivity contribution in [1.29, 1.82) is 0 Å². The summed E-state index contributed by atoms with van der Waals surface area (Å²) in [7, 11) is -2.86. The van der Waals surface area contributed by atoms with Gasteiger partial charge in [-0.2, -0.15) is 0 Å². The second-order valence-corrected chi connectivity index (χ2v) is 12.9. The van der Waals surface area contributed by atoms with E-state index in [4.69, 9.17) is 27.9 Å². The molecule has 0 aliphatic rings. The molecule has 0 saturated heterocycles. The summed E-state index contributed by atoms with van der Waals surface area (Å²) < 4.78 is 34.2. The SMILES string of the molecule is COc1ccc(Cl)cc1N(CC(=O)N(Cc1ccc(Cl)cc1)[C@H](C)C(=O)NC(C)(C)C)S(=O)(=O)c1ccccc1. The fourth-order valence-corrected chi connectivity index (χ4v) is 5.66. The monoisotopic (exact) mass is 605 g/mol. The molecule has 0 aromatic heterocycles. The zero-order valence-corrected chi connectivity index (χ0v) is 25.3. The first-order valence-electron chi connectivity index (χ1n) is 12.5. The molecular weight excluding hydrogens is 573 g/mol. The number of hydrogen-bond donors (Lipinski definition) is 1. The molecule has 214 valence electrons. The number of carbonyl (C=O) groups is 2. The molecular formula is C29H33Cl2N3O5S. The summed E-state index contributed by atoms with van der Waals surface area (Å²) in [6, 6.07) is 18.2. The fraction of sp³-hybridized carbons (Fsp3) is 0.310. The van der Waals surface area contributed by atoms with Gasteiger partial charge in [0.25, 0.3) is 10.0 Å². The maximum atomic E-state index is 14.0. The zero-order chi connectivity index (χ0) is 29.7. The summed E-state index contributed by atoms with van der Waals surface area (Å²) in [5.41, 5.74) is 0.258. The van der Waals surface area contributed by atoms with Crippen molar-refractivity contribution in [3.05, 3.63) is 88.4 Å². The Morgan fingerprint density at radius 2 is 1.55 bits per heavy atom. The molecule has 3 rings (SSSR count). The lowest BCUT2D eigenvalue weighted by atomic mass is 10.1. The highest BCUT2D eigenvalue weighted by Crippen LogP contribution is 2.35. The van der Waals surface area contributed by atoms with Crippen LogP contribution in [0.4, 0.5) is 5.69 Å². The highest BCUT2D eigenvalue weighted by atomic mass is 35.5. The van der Waals surface area contributed by atoms with Crippen molar-refractivity contribution in [1.82, 2.24) is 10.2 Å². The number of nitrogens with one attached hydrogen (secondary N) is 1. The van der Waals surface area contributed by atoms with E-state index in [2.05, 4.69) is 5.32 Å². The molecule has 2 amide bonds. The third-order valence-corrected chi connectivity index (χ3v) is 8.21. The molecule has 0 fully saturated rings. The van der Waals surface area contributed by atoms with Gasteiger partial charge >= 0.3 is 0 Å². The maximum Gasteiger partial charge on any atom is 0.264 e. The Kier molecular flexibility index (Phi) is 10.1. The Bertz CT molecular complexity index is 1440. The molecule has 1 N–H and O–H groups in total. The Morgan fingerprint density at radius 1 is 0.950 bits per heavy atom. The number of rotatable bonds is 10. The number of ether oxygens (including phenoxy) is 1. The van der Waals surface area contributed by atoms with Crippen LogP contribution in [0.2, 0.25) is 10.0 Å². The van der Waals surface area contributed by atoms with Gasteiger partial charge in [0.2, 0.25) is 11.8 Å². The highest BCUT2D eigenvalue weighted by Gasteiger charge is 2.34. The number of halogens is 2. The summed E-state index contributed by atoms with van der Waals surface area (Å²) in [6.45, 7) is 6.54.